The Morgan fingerprint density at radius 2 is 1.76 bits per heavy atom. The fourth-order valence-electron chi connectivity index (χ4n) is 3.05. The second-order valence-electron chi connectivity index (χ2n) is 7.37. The molecule has 3 rings (SSSR count). The number of nitrogens with one attached hydrogen (secondary N) is 2. The van der Waals surface area contributed by atoms with Crippen LogP contribution >= 0.6 is 11.6 Å². The molecule has 0 radical (unpaired) electrons. The van der Waals surface area contributed by atoms with Crippen molar-refractivity contribution in [2.24, 2.45) is 0 Å². The summed E-state index contributed by atoms with van der Waals surface area (Å²) in [7, 11) is 1.47. The Bertz CT molecular complexity index is 1270. The molecule has 7 heteroatoms. The molecule has 0 aliphatic rings. The summed E-state index contributed by atoms with van der Waals surface area (Å²) in [5.41, 5.74) is 3.78. The normalized spacial score (nSPS) is 10.8. The fourth-order valence-corrected chi connectivity index (χ4v) is 3.20. The first-order chi connectivity index (χ1) is 15.8. The van der Waals surface area contributed by atoms with Crippen LogP contribution in [0.2, 0.25) is 5.02 Å². The van der Waals surface area contributed by atoms with Crippen molar-refractivity contribution >= 4 is 40.9 Å². The summed E-state index contributed by atoms with van der Waals surface area (Å²) in [5, 5.41) is 15.6. The summed E-state index contributed by atoms with van der Waals surface area (Å²) >= 11 is 6.11. The van der Waals surface area contributed by atoms with Gasteiger partial charge in [0.1, 0.15) is 17.4 Å². The van der Waals surface area contributed by atoms with Crippen molar-refractivity contribution in [3.63, 3.8) is 0 Å². The van der Waals surface area contributed by atoms with Gasteiger partial charge in [0.15, 0.2) is 0 Å². The van der Waals surface area contributed by atoms with E-state index in [4.69, 9.17) is 16.3 Å². The third-order valence-corrected chi connectivity index (χ3v) is 5.27. The van der Waals surface area contributed by atoms with Gasteiger partial charge < -0.3 is 15.4 Å². The number of methoxy groups -OCH3 is 1. The van der Waals surface area contributed by atoms with Crippen LogP contribution in [0.5, 0.6) is 5.75 Å². The number of rotatable bonds is 6. The molecule has 0 atom stereocenters. The second-order valence-corrected chi connectivity index (χ2v) is 7.78. The number of hydrogen-bond donors (Lipinski definition) is 2. The minimum Gasteiger partial charge on any atom is -0.495 e. The molecule has 0 saturated heterocycles. The van der Waals surface area contributed by atoms with Crippen molar-refractivity contribution in [3.05, 3.63) is 93.5 Å². The number of benzene rings is 3. The van der Waals surface area contributed by atoms with E-state index in [-0.39, 0.29) is 11.5 Å². The van der Waals surface area contributed by atoms with Crippen LogP contribution in [0.15, 0.2) is 66.2 Å². The maximum atomic E-state index is 12.7. The van der Waals surface area contributed by atoms with Gasteiger partial charge in [-0.3, -0.25) is 9.59 Å². The Morgan fingerprint density at radius 1 is 1.03 bits per heavy atom. The van der Waals surface area contributed by atoms with E-state index >= 15 is 0 Å². The first-order valence-corrected chi connectivity index (χ1v) is 10.4. The van der Waals surface area contributed by atoms with Crippen LogP contribution in [0.4, 0.5) is 11.4 Å². The van der Waals surface area contributed by atoms with Crippen LogP contribution in [0.1, 0.15) is 27.0 Å². The smallest absolute Gasteiger partial charge is 0.266 e. The standard InChI is InChI=1S/C26H22ClN3O3/c1-16-7-9-19(10-8-16)25(31)29-21-6-4-5-18(13-21)12-20(15-28)26(32)30-23-11-17(2)22(27)14-24(23)33-3/h4-14H,1-3H3,(H,29,31)(H,30,32)/b20-12+. The molecule has 0 aliphatic carbocycles. The first kappa shape index (κ1) is 23.6. The molecule has 166 valence electrons. The molecule has 0 saturated carbocycles. The van der Waals surface area contributed by atoms with Gasteiger partial charge in [0.2, 0.25) is 0 Å². The predicted molar refractivity (Wildman–Crippen MR) is 131 cm³/mol. The van der Waals surface area contributed by atoms with Crippen LogP contribution in [-0.2, 0) is 4.79 Å². The van der Waals surface area contributed by atoms with E-state index in [1.54, 1.807) is 55.5 Å². The maximum Gasteiger partial charge on any atom is 0.266 e. The van der Waals surface area contributed by atoms with Gasteiger partial charge in [-0.15, -0.1) is 0 Å². The Hall–Kier alpha value is -4.08. The molecule has 0 aromatic heterocycles. The number of amides is 2. The molecule has 0 fully saturated rings. The highest BCUT2D eigenvalue weighted by molar-refractivity contribution is 6.31. The van der Waals surface area contributed by atoms with Gasteiger partial charge in [0.05, 0.1) is 12.8 Å². The van der Waals surface area contributed by atoms with E-state index in [0.29, 0.717) is 33.3 Å². The van der Waals surface area contributed by atoms with Gasteiger partial charge in [-0.1, -0.05) is 41.4 Å². The lowest BCUT2D eigenvalue weighted by Gasteiger charge is -2.12. The van der Waals surface area contributed by atoms with Gasteiger partial charge in [0.25, 0.3) is 11.8 Å². The molecule has 6 nitrogen and oxygen atoms in total. The summed E-state index contributed by atoms with van der Waals surface area (Å²) in [6.07, 6.45) is 1.45. The minimum absolute atomic E-state index is 0.105. The number of halogens is 1. The van der Waals surface area contributed by atoms with E-state index in [0.717, 1.165) is 11.1 Å². The first-order valence-electron chi connectivity index (χ1n) is 10.1. The largest absolute Gasteiger partial charge is 0.495 e. The van der Waals surface area contributed by atoms with Gasteiger partial charge >= 0.3 is 0 Å². The second kappa shape index (κ2) is 10.5. The van der Waals surface area contributed by atoms with Crippen molar-refractivity contribution < 1.29 is 14.3 Å². The molecule has 0 bridgehead atoms. The molecule has 3 aromatic carbocycles. The number of hydrogen-bond acceptors (Lipinski definition) is 4. The third-order valence-electron chi connectivity index (χ3n) is 4.86. The lowest BCUT2D eigenvalue weighted by molar-refractivity contribution is -0.112. The van der Waals surface area contributed by atoms with Crippen molar-refractivity contribution in [2.75, 3.05) is 17.7 Å². The Morgan fingerprint density at radius 3 is 2.42 bits per heavy atom. The van der Waals surface area contributed by atoms with Crippen molar-refractivity contribution in [1.82, 2.24) is 0 Å². The molecule has 2 amide bonds. The summed E-state index contributed by atoms with van der Waals surface area (Å²) in [5.74, 6) is -0.455. The predicted octanol–water partition coefficient (Wildman–Crippen LogP) is 5.76. The van der Waals surface area contributed by atoms with E-state index in [1.165, 1.54) is 13.2 Å². The number of ether oxygens (including phenoxy) is 1. The van der Waals surface area contributed by atoms with Crippen LogP contribution in [0.25, 0.3) is 6.08 Å². The topological polar surface area (TPSA) is 91.2 Å². The third kappa shape index (κ3) is 6.00. The Balaban J connectivity index is 1.79. The Labute approximate surface area is 197 Å². The number of nitriles is 1. The zero-order chi connectivity index (χ0) is 24.0. The molecule has 2 N–H and O–H groups in total. The Kier molecular flexibility index (Phi) is 7.50. The molecule has 0 heterocycles. The highest BCUT2D eigenvalue weighted by atomic mass is 35.5. The molecule has 3 aromatic rings. The number of anilines is 2. The number of nitrogens with zero attached hydrogens (tertiary/aromatic N) is 1. The highest BCUT2D eigenvalue weighted by Crippen LogP contribution is 2.31. The van der Waals surface area contributed by atoms with Crippen LogP contribution in [0.3, 0.4) is 0 Å². The fraction of sp³-hybridized carbons (Fsp3) is 0.115. The van der Waals surface area contributed by atoms with Crippen LogP contribution in [0, 0.1) is 25.2 Å². The monoisotopic (exact) mass is 459 g/mol. The van der Waals surface area contributed by atoms with Gasteiger partial charge in [-0.25, -0.2) is 0 Å². The van der Waals surface area contributed by atoms with Crippen LogP contribution < -0.4 is 15.4 Å². The van der Waals surface area contributed by atoms with Crippen LogP contribution in [-0.4, -0.2) is 18.9 Å². The maximum absolute atomic E-state index is 12.7. The SMILES string of the molecule is COc1cc(Cl)c(C)cc1NC(=O)/C(C#N)=C/c1cccc(NC(=O)c2ccc(C)cc2)c1. The quantitative estimate of drug-likeness (QED) is 0.362. The molecule has 0 aliphatic heterocycles. The summed E-state index contributed by atoms with van der Waals surface area (Å²) in [6, 6.07) is 19.3. The average molecular weight is 460 g/mol. The average Bonchev–Trinajstić information content (AvgIpc) is 2.80. The summed E-state index contributed by atoms with van der Waals surface area (Å²) < 4.78 is 5.27. The molecule has 33 heavy (non-hydrogen) atoms. The number of carbonyl (C=O) groups excluding carboxylic acids is 2. The van der Waals surface area contributed by atoms with Crippen molar-refractivity contribution in [2.45, 2.75) is 13.8 Å². The summed E-state index contributed by atoms with van der Waals surface area (Å²) in [4.78, 5) is 25.2. The number of aryl methyl sites for hydroxylation is 2. The van der Waals surface area contributed by atoms with Crippen molar-refractivity contribution in [3.8, 4) is 11.8 Å². The van der Waals surface area contributed by atoms with Gasteiger partial charge in [-0.2, -0.15) is 5.26 Å². The van der Waals surface area contributed by atoms with E-state index in [9.17, 15) is 14.9 Å². The van der Waals surface area contributed by atoms with Crippen molar-refractivity contribution in [1.29, 1.82) is 5.26 Å². The van der Waals surface area contributed by atoms with E-state index < -0.39 is 5.91 Å². The van der Waals surface area contributed by atoms with E-state index in [1.807, 2.05) is 25.1 Å². The molecular formula is C26H22ClN3O3. The minimum atomic E-state index is -0.591. The molecular weight excluding hydrogens is 438 g/mol. The highest BCUT2D eigenvalue weighted by Gasteiger charge is 2.14. The zero-order valence-electron chi connectivity index (χ0n) is 18.4. The summed E-state index contributed by atoms with van der Waals surface area (Å²) in [6.45, 7) is 3.75. The van der Waals surface area contributed by atoms with E-state index in [2.05, 4.69) is 10.6 Å². The number of carbonyl (C=O) groups is 2. The zero-order valence-corrected chi connectivity index (χ0v) is 19.2. The van der Waals surface area contributed by atoms with Gasteiger partial charge in [-0.05, 0) is 61.4 Å². The lowest BCUT2D eigenvalue weighted by Crippen LogP contribution is -2.14. The lowest BCUT2D eigenvalue weighted by atomic mass is 10.1. The van der Waals surface area contributed by atoms with Gasteiger partial charge in [0, 0.05) is 22.3 Å². The molecule has 0 unspecified atom stereocenters. The molecule has 0 spiro atoms.